The molecule has 0 aliphatic carbocycles. The molecule has 0 spiro atoms. The number of amides is 1. The van der Waals surface area contributed by atoms with Crippen molar-refractivity contribution in [3.63, 3.8) is 0 Å². The minimum Gasteiger partial charge on any atom is -0.321 e. The van der Waals surface area contributed by atoms with Crippen LogP contribution in [0.3, 0.4) is 0 Å². The molecule has 0 radical (unpaired) electrons. The van der Waals surface area contributed by atoms with Gasteiger partial charge in [-0.15, -0.1) is 0 Å². The number of alkyl halides is 3. The molecular formula is C21H22F3N3O. The predicted molar refractivity (Wildman–Crippen MR) is 103 cm³/mol. The molecule has 1 amide bonds. The molecule has 0 bridgehead atoms. The van der Waals surface area contributed by atoms with Crippen molar-refractivity contribution in [2.45, 2.75) is 45.7 Å². The van der Waals surface area contributed by atoms with Crippen LogP contribution in [0.5, 0.6) is 0 Å². The minimum atomic E-state index is -4.50. The molecule has 3 rings (SSSR count). The fraction of sp³-hybridized carbons (Fsp3) is 0.333. The molecule has 2 aromatic heterocycles. The lowest BCUT2D eigenvalue weighted by Crippen LogP contribution is -2.17. The third-order valence-corrected chi connectivity index (χ3v) is 4.58. The summed E-state index contributed by atoms with van der Waals surface area (Å²) in [6.07, 6.45) is -3.16. The van der Waals surface area contributed by atoms with Crippen LogP contribution in [0.25, 0.3) is 5.65 Å². The lowest BCUT2D eigenvalue weighted by Gasteiger charge is -2.19. The number of nitrogens with one attached hydrogen (secondary N) is 1. The first-order valence-corrected chi connectivity index (χ1v) is 9.01. The van der Waals surface area contributed by atoms with Crippen LogP contribution in [0, 0.1) is 0 Å². The third-order valence-electron chi connectivity index (χ3n) is 4.58. The number of fused-ring (bicyclic) bond motifs is 1. The Morgan fingerprint density at radius 3 is 2.18 bits per heavy atom. The smallest absolute Gasteiger partial charge is 0.321 e. The summed E-state index contributed by atoms with van der Waals surface area (Å²) in [6, 6.07) is 9.66. The average molecular weight is 389 g/mol. The van der Waals surface area contributed by atoms with E-state index < -0.39 is 17.6 Å². The van der Waals surface area contributed by atoms with Gasteiger partial charge in [-0.05, 0) is 41.7 Å². The molecule has 1 N–H and O–H groups in total. The zero-order valence-corrected chi connectivity index (χ0v) is 16.2. The number of hydrogen-bond donors (Lipinski definition) is 1. The molecule has 3 aromatic rings. The van der Waals surface area contributed by atoms with Crippen molar-refractivity contribution < 1.29 is 18.0 Å². The Morgan fingerprint density at radius 1 is 1.04 bits per heavy atom. The summed E-state index contributed by atoms with van der Waals surface area (Å²) in [4.78, 5) is 17.2. The summed E-state index contributed by atoms with van der Waals surface area (Å²) in [6.45, 7) is 8.07. The fourth-order valence-corrected chi connectivity index (χ4v) is 2.99. The number of rotatable bonds is 3. The van der Waals surface area contributed by atoms with Gasteiger partial charge >= 0.3 is 6.18 Å². The van der Waals surface area contributed by atoms with Crippen LogP contribution in [-0.2, 0) is 18.0 Å². The van der Waals surface area contributed by atoms with Crippen molar-refractivity contribution in [3.05, 3.63) is 65.1 Å². The van der Waals surface area contributed by atoms with Crippen molar-refractivity contribution in [3.8, 4) is 0 Å². The standard InChI is InChI=1S/C21H22F3N3O/c1-5-16-18(27-12-14(21(22,23)24)8-11-17(27)26-16)19(28)25-15-9-6-13(7-10-15)20(2,3)4/h6-12H,5H2,1-4H3,(H,25,28). The van der Waals surface area contributed by atoms with Gasteiger partial charge in [-0.3, -0.25) is 9.20 Å². The van der Waals surface area contributed by atoms with E-state index in [4.69, 9.17) is 0 Å². The molecule has 28 heavy (non-hydrogen) atoms. The molecule has 4 nitrogen and oxygen atoms in total. The maximum Gasteiger partial charge on any atom is 0.417 e. The van der Waals surface area contributed by atoms with Crippen LogP contribution in [-0.4, -0.2) is 15.3 Å². The number of benzene rings is 1. The Morgan fingerprint density at radius 2 is 1.64 bits per heavy atom. The number of anilines is 1. The molecule has 0 aliphatic heterocycles. The molecule has 0 saturated carbocycles. The van der Waals surface area contributed by atoms with Crippen LogP contribution in [0.15, 0.2) is 42.6 Å². The molecule has 0 unspecified atom stereocenters. The summed E-state index contributed by atoms with van der Waals surface area (Å²) in [5.74, 6) is -0.493. The van der Waals surface area contributed by atoms with E-state index in [1.807, 2.05) is 12.1 Å². The average Bonchev–Trinajstić information content (AvgIpc) is 2.98. The van der Waals surface area contributed by atoms with E-state index in [0.717, 1.165) is 17.8 Å². The molecule has 7 heteroatoms. The van der Waals surface area contributed by atoms with Gasteiger partial charge < -0.3 is 5.32 Å². The molecule has 0 aliphatic rings. The van der Waals surface area contributed by atoms with Gasteiger partial charge in [0.25, 0.3) is 5.91 Å². The van der Waals surface area contributed by atoms with Crippen LogP contribution in [0.4, 0.5) is 18.9 Å². The third kappa shape index (κ3) is 3.88. The van der Waals surface area contributed by atoms with Crippen molar-refractivity contribution >= 4 is 17.2 Å². The Labute approximate surface area is 161 Å². The highest BCUT2D eigenvalue weighted by Gasteiger charge is 2.32. The van der Waals surface area contributed by atoms with Crippen LogP contribution < -0.4 is 5.32 Å². The quantitative estimate of drug-likeness (QED) is 0.646. The number of carbonyl (C=O) groups is 1. The van der Waals surface area contributed by atoms with Crippen molar-refractivity contribution in [2.75, 3.05) is 5.32 Å². The number of nitrogens with zero attached hydrogens (tertiary/aromatic N) is 2. The van der Waals surface area contributed by atoms with E-state index >= 15 is 0 Å². The molecule has 1 aromatic carbocycles. The van der Waals surface area contributed by atoms with Gasteiger partial charge in [0.1, 0.15) is 11.3 Å². The fourth-order valence-electron chi connectivity index (χ4n) is 2.99. The molecule has 0 atom stereocenters. The Kier molecular flexibility index (Phi) is 4.95. The number of halogens is 3. The monoisotopic (exact) mass is 389 g/mol. The number of aryl methyl sites for hydroxylation is 1. The van der Waals surface area contributed by atoms with E-state index in [2.05, 4.69) is 31.1 Å². The molecular weight excluding hydrogens is 367 g/mol. The van der Waals surface area contributed by atoms with Gasteiger partial charge in [0, 0.05) is 11.9 Å². The molecule has 148 valence electrons. The van der Waals surface area contributed by atoms with E-state index in [1.54, 1.807) is 19.1 Å². The molecule has 0 saturated heterocycles. The van der Waals surface area contributed by atoms with Gasteiger partial charge in [-0.2, -0.15) is 13.2 Å². The summed E-state index contributed by atoms with van der Waals surface area (Å²) < 4.78 is 40.5. The highest BCUT2D eigenvalue weighted by atomic mass is 19.4. The molecule has 2 heterocycles. The van der Waals surface area contributed by atoms with Crippen LogP contribution in [0.2, 0.25) is 0 Å². The number of carbonyl (C=O) groups excluding carboxylic acids is 1. The number of imidazole rings is 1. The summed E-state index contributed by atoms with van der Waals surface area (Å²) in [5.41, 5.74) is 1.70. The van der Waals surface area contributed by atoms with Gasteiger partial charge in [-0.25, -0.2) is 4.98 Å². The summed E-state index contributed by atoms with van der Waals surface area (Å²) in [5, 5.41) is 2.77. The van der Waals surface area contributed by atoms with Crippen molar-refractivity contribution in [1.29, 1.82) is 0 Å². The number of pyridine rings is 1. The largest absolute Gasteiger partial charge is 0.417 e. The maximum atomic E-state index is 13.1. The second-order valence-corrected chi connectivity index (χ2v) is 7.69. The second kappa shape index (κ2) is 6.96. The zero-order valence-electron chi connectivity index (χ0n) is 16.2. The highest BCUT2D eigenvalue weighted by molar-refractivity contribution is 6.04. The van der Waals surface area contributed by atoms with Crippen LogP contribution >= 0.6 is 0 Å². The van der Waals surface area contributed by atoms with Crippen molar-refractivity contribution in [1.82, 2.24) is 9.38 Å². The lowest BCUT2D eigenvalue weighted by molar-refractivity contribution is -0.137. The van der Waals surface area contributed by atoms with Gasteiger partial charge in [0.2, 0.25) is 0 Å². The van der Waals surface area contributed by atoms with Crippen molar-refractivity contribution in [2.24, 2.45) is 0 Å². The number of hydrogen-bond acceptors (Lipinski definition) is 2. The minimum absolute atomic E-state index is 0.0203. The first kappa shape index (κ1) is 19.9. The van der Waals surface area contributed by atoms with E-state index in [9.17, 15) is 18.0 Å². The Balaban J connectivity index is 1.98. The Hall–Kier alpha value is -2.83. The summed E-state index contributed by atoms with van der Waals surface area (Å²) >= 11 is 0. The van der Waals surface area contributed by atoms with E-state index in [-0.39, 0.29) is 11.1 Å². The molecule has 0 fully saturated rings. The maximum absolute atomic E-state index is 13.1. The second-order valence-electron chi connectivity index (χ2n) is 7.69. The zero-order chi connectivity index (χ0) is 20.7. The SMILES string of the molecule is CCc1nc2ccc(C(F)(F)F)cn2c1C(=O)Nc1ccc(C(C)(C)C)cc1. The first-order chi connectivity index (χ1) is 13.0. The van der Waals surface area contributed by atoms with E-state index in [0.29, 0.717) is 23.4 Å². The summed E-state index contributed by atoms with van der Waals surface area (Å²) in [7, 11) is 0. The highest BCUT2D eigenvalue weighted by Crippen LogP contribution is 2.30. The van der Waals surface area contributed by atoms with Gasteiger partial charge in [0.15, 0.2) is 0 Å². The number of aromatic nitrogens is 2. The predicted octanol–water partition coefficient (Wildman–Crippen LogP) is 5.47. The topological polar surface area (TPSA) is 46.4 Å². The normalized spacial score (nSPS) is 12.4. The van der Waals surface area contributed by atoms with Gasteiger partial charge in [0.05, 0.1) is 11.3 Å². The lowest BCUT2D eigenvalue weighted by atomic mass is 9.87. The van der Waals surface area contributed by atoms with E-state index in [1.165, 1.54) is 10.5 Å². The Bertz CT molecular complexity index is 1010. The van der Waals surface area contributed by atoms with Gasteiger partial charge in [-0.1, -0.05) is 39.8 Å². The first-order valence-electron chi connectivity index (χ1n) is 9.01. The van der Waals surface area contributed by atoms with Crippen LogP contribution in [0.1, 0.15) is 55.0 Å².